The molecule has 0 saturated carbocycles. The molecule has 1 aromatic carbocycles. The highest BCUT2D eigenvalue weighted by Gasteiger charge is 2.17. The van der Waals surface area contributed by atoms with Crippen molar-refractivity contribution in [2.75, 3.05) is 5.75 Å². The molecule has 7 heteroatoms. The zero-order valence-corrected chi connectivity index (χ0v) is 15.7. The van der Waals surface area contributed by atoms with Gasteiger partial charge in [-0.2, -0.15) is 4.68 Å². The molecule has 0 atom stereocenters. The van der Waals surface area contributed by atoms with Gasteiger partial charge in [0.1, 0.15) is 0 Å². The third-order valence-electron chi connectivity index (χ3n) is 4.24. The van der Waals surface area contributed by atoms with Crippen LogP contribution in [0, 0.1) is 20.8 Å². The first kappa shape index (κ1) is 17.4. The van der Waals surface area contributed by atoms with Crippen molar-refractivity contribution in [3.05, 3.63) is 52.8 Å². The van der Waals surface area contributed by atoms with Gasteiger partial charge in [0, 0.05) is 23.5 Å². The summed E-state index contributed by atoms with van der Waals surface area (Å²) in [5, 5.41) is 12.4. The Morgan fingerprint density at radius 1 is 1.16 bits per heavy atom. The van der Waals surface area contributed by atoms with Gasteiger partial charge in [-0.25, -0.2) is 0 Å². The molecule has 2 heterocycles. The zero-order valence-electron chi connectivity index (χ0n) is 14.9. The zero-order chi connectivity index (χ0) is 18.0. The fourth-order valence-electron chi connectivity index (χ4n) is 2.89. The highest BCUT2D eigenvalue weighted by Crippen LogP contribution is 2.22. The predicted molar refractivity (Wildman–Crippen MR) is 98.5 cm³/mol. The van der Waals surface area contributed by atoms with E-state index in [2.05, 4.69) is 27.0 Å². The lowest BCUT2D eigenvalue weighted by atomic mass is 10.2. The molecular formula is C18H21N5OS. The van der Waals surface area contributed by atoms with Crippen molar-refractivity contribution in [1.29, 1.82) is 0 Å². The molecule has 0 spiro atoms. The lowest BCUT2D eigenvalue weighted by Crippen LogP contribution is -2.07. The first-order valence-electron chi connectivity index (χ1n) is 8.19. The summed E-state index contributed by atoms with van der Waals surface area (Å²) in [4.78, 5) is 12.6. The van der Waals surface area contributed by atoms with Crippen molar-refractivity contribution in [3.63, 3.8) is 0 Å². The van der Waals surface area contributed by atoms with E-state index in [0.717, 1.165) is 29.2 Å². The highest BCUT2D eigenvalue weighted by atomic mass is 32.2. The third-order valence-corrected chi connectivity index (χ3v) is 5.16. The molecule has 25 heavy (non-hydrogen) atoms. The second kappa shape index (κ2) is 7.23. The summed E-state index contributed by atoms with van der Waals surface area (Å²) < 4.78 is 3.81. The summed E-state index contributed by atoms with van der Waals surface area (Å²) in [6.07, 6.45) is 0. The Morgan fingerprint density at radius 3 is 2.52 bits per heavy atom. The van der Waals surface area contributed by atoms with E-state index in [9.17, 15) is 4.79 Å². The largest absolute Gasteiger partial charge is 0.349 e. The molecule has 0 N–H and O–H groups in total. The summed E-state index contributed by atoms with van der Waals surface area (Å²) >= 11 is 1.36. The number of nitrogens with zero attached hydrogens (tertiary/aromatic N) is 5. The van der Waals surface area contributed by atoms with Crippen LogP contribution in [0.1, 0.15) is 34.2 Å². The molecule has 3 rings (SSSR count). The molecule has 0 aliphatic rings. The van der Waals surface area contributed by atoms with Crippen LogP contribution in [0.2, 0.25) is 0 Å². The van der Waals surface area contributed by atoms with E-state index in [4.69, 9.17) is 0 Å². The molecule has 0 aliphatic heterocycles. The fraction of sp³-hybridized carbons (Fsp3) is 0.333. The summed E-state index contributed by atoms with van der Waals surface area (Å²) in [7, 11) is 0. The van der Waals surface area contributed by atoms with Crippen LogP contribution in [0.15, 0.2) is 35.5 Å². The average molecular weight is 355 g/mol. The predicted octanol–water partition coefficient (Wildman–Crippen LogP) is 3.38. The monoisotopic (exact) mass is 355 g/mol. The van der Waals surface area contributed by atoms with Crippen LogP contribution >= 0.6 is 11.8 Å². The number of aryl methyl sites for hydroxylation is 2. The molecule has 0 bridgehead atoms. The van der Waals surface area contributed by atoms with Crippen molar-refractivity contribution in [3.8, 4) is 5.69 Å². The van der Waals surface area contributed by atoms with Crippen molar-refractivity contribution in [2.24, 2.45) is 0 Å². The number of aromatic nitrogens is 5. The molecule has 0 aliphatic carbocycles. The quantitative estimate of drug-likeness (QED) is 0.501. The van der Waals surface area contributed by atoms with Gasteiger partial charge >= 0.3 is 0 Å². The number of hydrogen-bond acceptors (Lipinski definition) is 5. The van der Waals surface area contributed by atoms with Crippen LogP contribution in [0.25, 0.3) is 5.69 Å². The van der Waals surface area contributed by atoms with Crippen LogP contribution in [0.3, 0.4) is 0 Å². The first-order chi connectivity index (χ1) is 12.0. The lowest BCUT2D eigenvalue weighted by molar-refractivity contribution is 0.102. The van der Waals surface area contributed by atoms with Crippen molar-refractivity contribution >= 4 is 17.5 Å². The molecule has 0 amide bonds. The second-order valence-electron chi connectivity index (χ2n) is 5.95. The average Bonchev–Trinajstić information content (AvgIpc) is 3.17. The smallest absolute Gasteiger partial charge is 0.214 e. The van der Waals surface area contributed by atoms with E-state index < -0.39 is 0 Å². The molecule has 130 valence electrons. The van der Waals surface area contributed by atoms with Gasteiger partial charge < -0.3 is 4.57 Å². The van der Waals surface area contributed by atoms with E-state index in [1.165, 1.54) is 17.3 Å². The molecular weight excluding hydrogens is 334 g/mol. The number of carbonyl (C=O) groups is 1. The first-order valence-corrected chi connectivity index (χ1v) is 9.18. The molecule has 0 saturated heterocycles. The van der Waals surface area contributed by atoms with Gasteiger partial charge in [0.25, 0.3) is 0 Å². The minimum absolute atomic E-state index is 0.0938. The molecule has 0 radical (unpaired) electrons. The molecule has 0 unspecified atom stereocenters. The Labute approximate surface area is 151 Å². The van der Waals surface area contributed by atoms with Crippen LogP contribution in [0.4, 0.5) is 0 Å². The van der Waals surface area contributed by atoms with E-state index >= 15 is 0 Å². The lowest BCUT2D eigenvalue weighted by Gasteiger charge is -2.06. The summed E-state index contributed by atoms with van der Waals surface area (Å²) in [6, 6.07) is 9.91. The van der Waals surface area contributed by atoms with Gasteiger partial charge in [-0.3, -0.25) is 4.79 Å². The maximum atomic E-state index is 12.6. The molecule has 2 aromatic heterocycles. The van der Waals surface area contributed by atoms with Gasteiger partial charge in [-0.05, 0) is 56.3 Å². The normalized spacial score (nSPS) is 11.0. The van der Waals surface area contributed by atoms with Crippen LogP contribution in [-0.4, -0.2) is 36.3 Å². The molecule has 0 fully saturated rings. The van der Waals surface area contributed by atoms with Gasteiger partial charge in [-0.1, -0.05) is 29.5 Å². The van der Waals surface area contributed by atoms with Gasteiger partial charge in [-0.15, -0.1) is 5.10 Å². The maximum absolute atomic E-state index is 12.6. The Hall–Kier alpha value is -2.41. The second-order valence-corrected chi connectivity index (χ2v) is 6.89. The van der Waals surface area contributed by atoms with Gasteiger partial charge in [0.2, 0.25) is 5.16 Å². The number of tetrazole rings is 1. The van der Waals surface area contributed by atoms with E-state index in [-0.39, 0.29) is 5.78 Å². The highest BCUT2D eigenvalue weighted by molar-refractivity contribution is 7.99. The Morgan fingerprint density at radius 2 is 1.88 bits per heavy atom. The third kappa shape index (κ3) is 3.51. The topological polar surface area (TPSA) is 65.6 Å². The Balaban J connectivity index is 1.76. The summed E-state index contributed by atoms with van der Waals surface area (Å²) in [6.45, 7) is 9.00. The van der Waals surface area contributed by atoms with Crippen molar-refractivity contribution in [2.45, 2.75) is 39.4 Å². The SMILES string of the molecule is CCn1c(C)cc(C(=O)CSc2nnnn2-c2ccc(C)cc2)c1C. The number of Topliss-reactive ketones (excluding diaryl/α,β-unsaturated/α-hetero) is 1. The minimum atomic E-state index is 0.0938. The number of hydrogen-bond donors (Lipinski definition) is 0. The number of benzene rings is 1. The van der Waals surface area contributed by atoms with Crippen LogP contribution < -0.4 is 0 Å². The summed E-state index contributed by atoms with van der Waals surface area (Å²) in [5.41, 5.74) is 4.96. The van der Waals surface area contributed by atoms with E-state index in [0.29, 0.717) is 10.9 Å². The van der Waals surface area contributed by atoms with Crippen molar-refractivity contribution in [1.82, 2.24) is 24.8 Å². The number of thioether (sulfide) groups is 1. The molecule has 3 aromatic rings. The Bertz CT molecular complexity index is 895. The number of ketones is 1. The van der Waals surface area contributed by atoms with Gasteiger partial charge in [0.15, 0.2) is 5.78 Å². The molecule has 6 nitrogen and oxygen atoms in total. The van der Waals surface area contributed by atoms with Crippen LogP contribution in [-0.2, 0) is 6.54 Å². The van der Waals surface area contributed by atoms with Gasteiger partial charge in [0.05, 0.1) is 11.4 Å². The van der Waals surface area contributed by atoms with E-state index in [1.807, 2.05) is 51.1 Å². The maximum Gasteiger partial charge on any atom is 0.214 e. The van der Waals surface area contributed by atoms with Crippen molar-refractivity contribution < 1.29 is 4.79 Å². The summed E-state index contributed by atoms with van der Waals surface area (Å²) in [5.74, 6) is 0.400. The van der Waals surface area contributed by atoms with E-state index in [1.54, 1.807) is 4.68 Å². The minimum Gasteiger partial charge on any atom is -0.349 e. The van der Waals surface area contributed by atoms with Crippen LogP contribution in [0.5, 0.6) is 0 Å². The fourth-order valence-corrected chi connectivity index (χ4v) is 3.67. The number of rotatable bonds is 6. The number of carbonyl (C=O) groups excluding carboxylic acids is 1. The standard InChI is InChI=1S/C18H21N5OS/c1-5-22-13(3)10-16(14(22)4)17(24)11-25-18-19-20-21-23(18)15-8-6-12(2)7-9-15/h6-10H,5,11H2,1-4H3. The Kier molecular flexibility index (Phi) is 5.03.